The fraction of sp³-hybridized carbons (Fsp3) is 0.292. The van der Waals surface area contributed by atoms with E-state index in [1.54, 1.807) is 30.3 Å². The third kappa shape index (κ3) is 4.97. The van der Waals surface area contributed by atoms with Crippen LogP contribution in [0.2, 0.25) is 0 Å². The van der Waals surface area contributed by atoms with Gasteiger partial charge in [-0.25, -0.2) is 14.3 Å². The molecule has 3 aromatic rings. The van der Waals surface area contributed by atoms with E-state index in [1.807, 2.05) is 19.9 Å². The fourth-order valence-corrected chi connectivity index (χ4v) is 4.31. The summed E-state index contributed by atoms with van der Waals surface area (Å²) in [6.07, 6.45) is 0.813. The number of hydrogen-bond acceptors (Lipinski definition) is 7. The Bertz CT molecular complexity index is 1190. The number of halogens is 2. The summed E-state index contributed by atoms with van der Waals surface area (Å²) in [5.74, 6) is -0.476. The van der Waals surface area contributed by atoms with Crippen molar-refractivity contribution >= 4 is 43.8 Å². The highest BCUT2D eigenvalue weighted by atomic mass is 79.9. The molecule has 1 heterocycles. The van der Waals surface area contributed by atoms with Crippen LogP contribution in [-0.2, 0) is 9.47 Å². The molecule has 0 bridgehead atoms. The van der Waals surface area contributed by atoms with Gasteiger partial charge in [0, 0.05) is 10.0 Å². The molecule has 0 fully saturated rings. The third-order valence-electron chi connectivity index (χ3n) is 4.79. The SMILES string of the molecule is CCCOc1c(OCC)cc(-c2nn(-c3ccccc3)c(C(=O)OC)c2C(=O)OC)c(Br)c1Br. The van der Waals surface area contributed by atoms with E-state index in [1.165, 1.54) is 18.9 Å². The van der Waals surface area contributed by atoms with E-state index in [4.69, 9.17) is 18.9 Å². The average molecular weight is 596 g/mol. The number of hydrogen-bond donors (Lipinski definition) is 0. The van der Waals surface area contributed by atoms with Crippen molar-refractivity contribution in [1.29, 1.82) is 0 Å². The normalized spacial score (nSPS) is 10.6. The van der Waals surface area contributed by atoms with Crippen molar-refractivity contribution in [3.05, 3.63) is 56.6 Å². The zero-order valence-corrected chi connectivity index (χ0v) is 22.4. The molecule has 0 radical (unpaired) electrons. The van der Waals surface area contributed by atoms with Gasteiger partial charge in [-0.3, -0.25) is 0 Å². The van der Waals surface area contributed by atoms with E-state index < -0.39 is 11.9 Å². The van der Waals surface area contributed by atoms with E-state index in [2.05, 4.69) is 37.0 Å². The van der Waals surface area contributed by atoms with E-state index in [-0.39, 0.29) is 17.0 Å². The van der Waals surface area contributed by atoms with Crippen molar-refractivity contribution in [3.63, 3.8) is 0 Å². The Labute approximate surface area is 214 Å². The lowest BCUT2D eigenvalue weighted by molar-refractivity contribution is 0.0549. The molecule has 0 atom stereocenters. The molecule has 0 N–H and O–H groups in total. The number of rotatable bonds is 9. The molecule has 8 nitrogen and oxygen atoms in total. The number of ether oxygens (including phenoxy) is 4. The molecule has 0 saturated heterocycles. The molecule has 3 rings (SSSR count). The van der Waals surface area contributed by atoms with Gasteiger partial charge in [-0.2, -0.15) is 5.10 Å². The summed E-state index contributed by atoms with van der Waals surface area (Å²) < 4.78 is 24.3. The topological polar surface area (TPSA) is 88.9 Å². The summed E-state index contributed by atoms with van der Waals surface area (Å²) >= 11 is 7.17. The number of benzene rings is 2. The fourth-order valence-electron chi connectivity index (χ4n) is 3.30. The van der Waals surface area contributed by atoms with Crippen LogP contribution in [-0.4, -0.2) is 49.2 Å². The molecule has 0 aliphatic heterocycles. The summed E-state index contributed by atoms with van der Waals surface area (Å²) in [4.78, 5) is 25.8. The van der Waals surface area contributed by atoms with Gasteiger partial charge >= 0.3 is 11.9 Å². The Balaban J connectivity index is 2.38. The zero-order chi connectivity index (χ0) is 24.8. The maximum absolute atomic E-state index is 12.9. The number of methoxy groups -OCH3 is 2. The maximum atomic E-state index is 12.9. The number of carbonyl (C=O) groups excluding carboxylic acids is 2. The minimum Gasteiger partial charge on any atom is -0.490 e. The summed E-state index contributed by atoms with van der Waals surface area (Å²) in [6.45, 7) is 4.75. The third-order valence-corrected chi connectivity index (χ3v) is 6.90. The lowest BCUT2D eigenvalue weighted by atomic mass is 10.0. The molecule has 0 spiro atoms. The van der Waals surface area contributed by atoms with Gasteiger partial charge in [-0.1, -0.05) is 25.1 Å². The van der Waals surface area contributed by atoms with Gasteiger partial charge in [-0.15, -0.1) is 0 Å². The second kappa shape index (κ2) is 11.5. The van der Waals surface area contributed by atoms with Crippen molar-refractivity contribution in [1.82, 2.24) is 9.78 Å². The monoisotopic (exact) mass is 594 g/mol. The van der Waals surface area contributed by atoms with Gasteiger partial charge in [-0.05, 0) is 63.4 Å². The van der Waals surface area contributed by atoms with Crippen LogP contribution in [0.15, 0.2) is 45.3 Å². The molecule has 180 valence electrons. The molecule has 0 amide bonds. The Morgan fingerprint density at radius 2 is 1.65 bits per heavy atom. The highest BCUT2D eigenvalue weighted by Crippen LogP contribution is 2.47. The molecular weight excluding hydrogens is 572 g/mol. The Kier molecular flexibility index (Phi) is 8.73. The highest BCUT2D eigenvalue weighted by Gasteiger charge is 2.33. The van der Waals surface area contributed by atoms with Crippen LogP contribution in [0.4, 0.5) is 0 Å². The molecule has 0 aliphatic rings. The second-order valence-corrected chi connectivity index (χ2v) is 8.55. The Morgan fingerprint density at radius 3 is 2.24 bits per heavy atom. The largest absolute Gasteiger partial charge is 0.490 e. The van der Waals surface area contributed by atoms with Gasteiger partial charge in [0.25, 0.3) is 0 Å². The molecule has 1 aromatic heterocycles. The van der Waals surface area contributed by atoms with Crippen LogP contribution in [0.3, 0.4) is 0 Å². The first-order valence-corrected chi connectivity index (χ1v) is 12.1. The van der Waals surface area contributed by atoms with Gasteiger partial charge in [0.2, 0.25) is 0 Å². The van der Waals surface area contributed by atoms with Crippen molar-refractivity contribution < 1.29 is 28.5 Å². The van der Waals surface area contributed by atoms with Crippen LogP contribution in [0.25, 0.3) is 16.9 Å². The van der Waals surface area contributed by atoms with Crippen LogP contribution in [0.5, 0.6) is 11.5 Å². The van der Waals surface area contributed by atoms with Crippen LogP contribution in [0, 0.1) is 0 Å². The van der Waals surface area contributed by atoms with Crippen molar-refractivity contribution in [2.24, 2.45) is 0 Å². The standard InChI is InChI=1S/C24H24Br2N2O6/c1-5-12-34-22-16(33-6-2)13-15(18(25)19(22)26)20-17(23(29)31-3)21(24(30)32-4)28(27-20)14-10-8-7-9-11-14/h7-11,13H,5-6,12H2,1-4H3. The molecule has 34 heavy (non-hydrogen) atoms. The average Bonchev–Trinajstić information content (AvgIpc) is 3.26. The second-order valence-electron chi connectivity index (χ2n) is 6.96. The van der Waals surface area contributed by atoms with Crippen LogP contribution in [0.1, 0.15) is 41.1 Å². The predicted molar refractivity (Wildman–Crippen MR) is 134 cm³/mol. The van der Waals surface area contributed by atoms with E-state index >= 15 is 0 Å². The van der Waals surface area contributed by atoms with E-state index in [0.29, 0.717) is 44.9 Å². The zero-order valence-electron chi connectivity index (χ0n) is 19.2. The Morgan fingerprint density at radius 1 is 0.971 bits per heavy atom. The first kappa shape index (κ1) is 25.8. The minimum absolute atomic E-state index is 0.0320. The van der Waals surface area contributed by atoms with Crippen molar-refractivity contribution in [3.8, 4) is 28.4 Å². The van der Waals surface area contributed by atoms with Gasteiger partial charge in [0.05, 0.1) is 37.6 Å². The van der Waals surface area contributed by atoms with Crippen LogP contribution >= 0.6 is 31.9 Å². The van der Waals surface area contributed by atoms with Crippen LogP contribution < -0.4 is 9.47 Å². The molecule has 0 saturated carbocycles. The quantitative estimate of drug-likeness (QED) is 0.288. The van der Waals surface area contributed by atoms with Gasteiger partial charge in [0.15, 0.2) is 17.2 Å². The van der Waals surface area contributed by atoms with E-state index in [0.717, 1.165) is 6.42 Å². The molecular formula is C24H24Br2N2O6. The lowest BCUT2D eigenvalue weighted by Gasteiger charge is -2.17. The number of aromatic nitrogens is 2. The number of nitrogens with zero attached hydrogens (tertiary/aromatic N) is 2. The molecule has 2 aromatic carbocycles. The molecule has 10 heteroatoms. The predicted octanol–water partition coefficient (Wildman–Crippen LogP) is 5.83. The molecule has 0 unspecified atom stereocenters. The highest BCUT2D eigenvalue weighted by molar-refractivity contribution is 9.13. The van der Waals surface area contributed by atoms with Crippen molar-refractivity contribution in [2.75, 3.05) is 27.4 Å². The van der Waals surface area contributed by atoms with E-state index in [9.17, 15) is 9.59 Å². The number of esters is 2. The molecule has 0 aliphatic carbocycles. The number of carbonyl (C=O) groups is 2. The summed E-state index contributed by atoms with van der Waals surface area (Å²) in [6, 6.07) is 10.7. The summed E-state index contributed by atoms with van der Waals surface area (Å²) in [5, 5.41) is 4.65. The number of para-hydroxylation sites is 1. The van der Waals surface area contributed by atoms with Crippen molar-refractivity contribution in [2.45, 2.75) is 20.3 Å². The Hall–Kier alpha value is -2.85. The van der Waals surface area contributed by atoms with Gasteiger partial charge < -0.3 is 18.9 Å². The first-order chi connectivity index (χ1) is 16.4. The first-order valence-electron chi connectivity index (χ1n) is 10.5. The van der Waals surface area contributed by atoms with Gasteiger partial charge in [0.1, 0.15) is 11.3 Å². The maximum Gasteiger partial charge on any atom is 0.357 e. The smallest absolute Gasteiger partial charge is 0.357 e. The lowest BCUT2D eigenvalue weighted by Crippen LogP contribution is -2.15. The summed E-state index contributed by atoms with van der Waals surface area (Å²) in [5.41, 5.74) is 1.20. The summed E-state index contributed by atoms with van der Waals surface area (Å²) in [7, 11) is 2.48. The minimum atomic E-state index is -0.732.